The minimum atomic E-state index is -0.334. The number of aryl methyl sites for hydroxylation is 1. The lowest BCUT2D eigenvalue weighted by atomic mass is 10.1. The van der Waals surface area contributed by atoms with Crippen LogP contribution >= 0.6 is 11.8 Å². The van der Waals surface area contributed by atoms with Crippen molar-refractivity contribution in [3.63, 3.8) is 0 Å². The van der Waals surface area contributed by atoms with Crippen molar-refractivity contribution in [3.05, 3.63) is 45.9 Å². The number of nitrogens with zero attached hydrogens (tertiary/aromatic N) is 2. The zero-order valence-electron chi connectivity index (χ0n) is 15.5. The quantitative estimate of drug-likeness (QED) is 0.788. The van der Waals surface area contributed by atoms with Crippen LogP contribution in [0.15, 0.2) is 34.2 Å². The summed E-state index contributed by atoms with van der Waals surface area (Å²) in [6.45, 7) is 5.53. The number of nitrogens with one attached hydrogen (secondary N) is 2. The summed E-state index contributed by atoms with van der Waals surface area (Å²) < 4.78 is 1.61. The lowest BCUT2D eigenvalue weighted by Gasteiger charge is -2.25. The van der Waals surface area contributed by atoms with E-state index in [-0.39, 0.29) is 23.3 Å². The first-order chi connectivity index (χ1) is 12.9. The number of amides is 2. The average molecular weight is 386 g/mol. The molecule has 2 N–H and O–H groups in total. The van der Waals surface area contributed by atoms with Gasteiger partial charge < -0.3 is 10.6 Å². The predicted octanol–water partition coefficient (Wildman–Crippen LogP) is 2.43. The van der Waals surface area contributed by atoms with Gasteiger partial charge in [0, 0.05) is 41.9 Å². The Kier molecular flexibility index (Phi) is 5.65. The van der Waals surface area contributed by atoms with E-state index in [2.05, 4.69) is 15.6 Å². The maximum atomic E-state index is 12.7. The van der Waals surface area contributed by atoms with Crippen molar-refractivity contribution in [2.45, 2.75) is 38.9 Å². The summed E-state index contributed by atoms with van der Waals surface area (Å²) in [5.41, 5.74) is 2.62. The van der Waals surface area contributed by atoms with Crippen LogP contribution in [0.5, 0.6) is 0 Å². The summed E-state index contributed by atoms with van der Waals surface area (Å²) in [5, 5.41) is 6.24. The van der Waals surface area contributed by atoms with Gasteiger partial charge >= 0.3 is 0 Å². The Morgan fingerprint density at radius 1 is 1.30 bits per heavy atom. The number of fused-ring (bicyclic) bond motifs is 1. The van der Waals surface area contributed by atoms with Crippen molar-refractivity contribution >= 4 is 35.0 Å². The van der Waals surface area contributed by atoms with Gasteiger partial charge in [-0.1, -0.05) is 24.8 Å². The molecule has 8 heteroatoms. The van der Waals surface area contributed by atoms with E-state index in [0.29, 0.717) is 40.8 Å². The molecule has 27 heavy (non-hydrogen) atoms. The van der Waals surface area contributed by atoms with E-state index >= 15 is 0 Å². The van der Waals surface area contributed by atoms with E-state index in [4.69, 9.17) is 0 Å². The standard InChI is InChI=1S/C19H22N4O3S/c1-4-16-11(2)20-19-23(18(16)26)9-13(10-27-19)17(25)22-15-7-5-6-14(8-15)21-12(3)24/h5-8,13H,4,9-10H2,1-3H3,(H,21,24)(H,22,25). The van der Waals surface area contributed by atoms with Gasteiger partial charge in [-0.2, -0.15) is 0 Å². The molecule has 1 aromatic carbocycles. The Labute approximate surface area is 161 Å². The fourth-order valence-electron chi connectivity index (χ4n) is 3.08. The zero-order chi connectivity index (χ0) is 19.6. The van der Waals surface area contributed by atoms with Gasteiger partial charge in [0.15, 0.2) is 5.16 Å². The number of thioether (sulfide) groups is 1. The van der Waals surface area contributed by atoms with Gasteiger partial charge in [-0.15, -0.1) is 0 Å². The molecule has 3 rings (SSSR count). The van der Waals surface area contributed by atoms with E-state index < -0.39 is 0 Å². The van der Waals surface area contributed by atoms with E-state index in [1.165, 1.54) is 18.7 Å². The highest BCUT2D eigenvalue weighted by Crippen LogP contribution is 2.27. The van der Waals surface area contributed by atoms with Gasteiger partial charge in [-0.25, -0.2) is 4.98 Å². The highest BCUT2D eigenvalue weighted by atomic mass is 32.2. The molecule has 0 fully saturated rings. The Bertz CT molecular complexity index is 954. The number of aromatic nitrogens is 2. The molecule has 0 saturated heterocycles. The number of rotatable bonds is 4. The lowest BCUT2D eigenvalue weighted by molar-refractivity contribution is -0.119. The average Bonchev–Trinajstić information content (AvgIpc) is 2.61. The molecule has 7 nitrogen and oxygen atoms in total. The minimum absolute atomic E-state index is 0.0577. The Morgan fingerprint density at radius 2 is 2.00 bits per heavy atom. The first-order valence-corrected chi connectivity index (χ1v) is 9.79. The molecule has 2 aromatic rings. The van der Waals surface area contributed by atoms with Crippen LogP contribution < -0.4 is 16.2 Å². The maximum absolute atomic E-state index is 12.7. The molecule has 0 bridgehead atoms. The first-order valence-electron chi connectivity index (χ1n) is 8.80. The van der Waals surface area contributed by atoms with Crippen molar-refractivity contribution < 1.29 is 9.59 Å². The largest absolute Gasteiger partial charge is 0.326 e. The number of benzene rings is 1. The molecule has 2 amide bonds. The van der Waals surface area contributed by atoms with Crippen molar-refractivity contribution in [1.29, 1.82) is 0 Å². The first kappa shape index (κ1) is 19.2. The van der Waals surface area contributed by atoms with Crippen molar-refractivity contribution in [1.82, 2.24) is 9.55 Å². The maximum Gasteiger partial charge on any atom is 0.257 e. The molecule has 0 radical (unpaired) electrons. The molecule has 2 heterocycles. The van der Waals surface area contributed by atoms with Crippen LogP contribution in [0.4, 0.5) is 11.4 Å². The van der Waals surface area contributed by atoms with E-state index in [0.717, 1.165) is 5.69 Å². The van der Waals surface area contributed by atoms with Crippen LogP contribution in [0.25, 0.3) is 0 Å². The predicted molar refractivity (Wildman–Crippen MR) is 106 cm³/mol. The molecule has 1 aliphatic heterocycles. The molecule has 142 valence electrons. The normalized spacial score (nSPS) is 15.7. The van der Waals surface area contributed by atoms with E-state index in [1.807, 2.05) is 13.8 Å². The van der Waals surface area contributed by atoms with Crippen molar-refractivity contribution in [3.8, 4) is 0 Å². The third-order valence-corrected chi connectivity index (χ3v) is 5.56. The molecule has 0 aliphatic carbocycles. The lowest BCUT2D eigenvalue weighted by Crippen LogP contribution is -2.38. The second-order valence-electron chi connectivity index (χ2n) is 6.49. The molecule has 1 atom stereocenters. The monoisotopic (exact) mass is 386 g/mol. The van der Waals surface area contributed by atoms with E-state index in [9.17, 15) is 14.4 Å². The summed E-state index contributed by atoms with van der Waals surface area (Å²) in [6, 6.07) is 6.98. The smallest absolute Gasteiger partial charge is 0.257 e. The van der Waals surface area contributed by atoms with Gasteiger partial charge in [-0.3, -0.25) is 19.0 Å². The SMILES string of the molecule is CCc1c(C)nc2n(c1=O)CC(C(=O)Nc1cccc(NC(C)=O)c1)CS2. The van der Waals surface area contributed by atoms with Gasteiger partial charge in [0.05, 0.1) is 5.92 Å². The van der Waals surface area contributed by atoms with E-state index in [1.54, 1.807) is 28.8 Å². The topological polar surface area (TPSA) is 93.1 Å². The molecular formula is C19H22N4O3S. The fraction of sp³-hybridized carbons (Fsp3) is 0.368. The zero-order valence-corrected chi connectivity index (χ0v) is 16.4. The van der Waals surface area contributed by atoms with Crippen LogP contribution in [0.1, 0.15) is 25.1 Å². The summed E-state index contributed by atoms with van der Waals surface area (Å²) in [5.74, 6) is -0.0978. The Balaban J connectivity index is 1.76. The number of hydrogen-bond acceptors (Lipinski definition) is 5. The summed E-state index contributed by atoms with van der Waals surface area (Å²) in [6.07, 6.45) is 0.620. The third kappa shape index (κ3) is 4.21. The number of carbonyl (C=O) groups excluding carboxylic acids is 2. The second-order valence-corrected chi connectivity index (χ2v) is 7.47. The summed E-state index contributed by atoms with van der Waals surface area (Å²) in [4.78, 5) is 41.1. The Hall–Kier alpha value is -2.61. The molecular weight excluding hydrogens is 364 g/mol. The summed E-state index contributed by atoms with van der Waals surface area (Å²) in [7, 11) is 0. The fourth-order valence-corrected chi connectivity index (χ4v) is 4.21. The van der Waals surface area contributed by atoms with Gasteiger partial charge in [0.2, 0.25) is 11.8 Å². The number of carbonyl (C=O) groups is 2. The number of hydrogen-bond donors (Lipinski definition) is 2. The number of anilines is 2. The highest BCUT2D eigenvalue weighted by Gasteiger charge is 2.28. The summed E-state index contributed by atoms with van der Waals surface area (Å²) >= 11 is 1.43. The van der Waals surface area contributed by atoms with Crippen LogP contribution in [0.2, 0.25) is 0 Å². The molecule has 0 spiro atoms. The van der Waals surface area contributed by atoms with Gasteiger partial charge in [0.25, 0.3) is 5.56 Å². The van der Waals surface area contributed by atoms with Gasteiger partial charge in [0.1, 0.15) is 0 Å². The van der Waals surface area contributed by atoms with Crippen molar-refractivity contribution in [2.24, 2.45) is 5.92 Å². The molecule has 1 aliphatic rings. The third-order valence-electron chi connectivity index (χ3n) is 4.43. The minimum Gasteiger partial charge on any atom is -0.326 e. The molecule has 1 unspecified atom stereocenters. The Morgan fingerprint density at radius 3 is 2.67 bits per heavy atom. The highest BCUT2D eigenvalue weighted by molar-refractivity contribution is 7.99. The van der Waals surface area contributed by atoms with Crippen LogP contribution in [0, 0.1) is 12.8 Å². The van der Waals surface area contributed by atoms with Gasteiger partial charge in [-0.05, 0) is 31.5 Å². The van der Waals surface area contributed by atoms with Crippen LogP contribution in [0.3, 0.4) is 0 Å². The van der Waals surface area contributed by atoms with Crippen LogP contribution in [-0.4, -0.2) is 27.1 Å². The van der Waals surface area contributed by atoms with Crippen LogP contribution in [-0.2, 0) is 22.6 Å². The van der Waals surface area contributed by atoms with Crippen molar-refractivity contribution in [2.75, 3.05) is 16.4 Å². The molecule has 1 aromatic heterocycles. The molecule has 0 saturated carbocycles. The second kappa shape index (κ2) is 7.96.